The average Bonchev–Trinajstić information content (AvgIpc) is 2.27. The number of hydrogen-bond acceptors (Lipinski definition) is 0. The van der Waals surface area contributed by atoms with Gasteiger partial charge < -0.3 is 0 Å². The predicted octanol–water partition coefficient (Wildman–Crippen LogP) is 4.98. The summed E-state index contributed by atoms with van der Waals surface area (Å²) in [5.41, 5.74) is 2.46. The van der Waals surface area contributed by atoms with E-state index in [1.165, 1.54) is 6.08 Å². The van der Waals surface area contributed by atoms with Crippen LogP contribution in [0.2, 0.25) is 0 Å². The first-order valence-electron chi connectivity index (χ1n) is 5.38. The molecule has 0 bridgehead atoms. The molecule has 90 valence electrons. The maximum atomic E-state index is 13.8. The summed E-state index contributed by atoms with van der Waals surface area (Å²) in [6.45, 7) is 12.5. The highest BCUT2D eigenvalue weighted by atomic mass is 19.2. The zero-order valence-corrected chi connectivity index (χ0v) is 10.4. The van der Waals surface area contributed by atoms with E-state index >= 15 is 0 Å². The van der Waals surface area contributed by atoms with Crippen LogP contribution in [0.15, 0.2) is 19.2 Å². The van der Waals surface area contributed by atoms with Crippen molar-refractivity contribution in [2.75, 3.05) is 0 Å². The Morgan fingerprint density at radius 2 is 1.76 bits per heavy atom. The van der Waals surface area contributed by atoms with E-state index in [2.05, 4.69) is 13.2 Å². The van der Waals surface area contributed by atoms with Crippen molar-refractivity contribution < 1.29 is 8.78 Å². The molecule has 1 aromatic rings. The molecule has 2 heteroatoms. The predicted molar refractivity (Wildman–Crippen MR) is 70.6 cm³/mol. The van der Waals surface area contributed by atoms with Crippen molar-refractivity contribution in [3.05, 3.63) is 53.1 Å². The van der Waals surface area contributed by atoms with Crippen LogP contribution in [0.5, 0.6) is 0 Å². The van der Waals surface area contributed by atoms with Crippen LogP contribution in [-0.2, 0) is 0 Å². The minimum Gasteiger partial charge on any atom is -0.203 e. The molecule has 1 rings (SSSR count). The Labute approximate surface area is 101 Å². The second-order valence-electron chi connectivity index (χ2n) is 3.94. The SMILES string of the molecule is C=Cc1c(F)c(F)c(C)c(C(=C)C)c1/C=C/C. The third kappa shape index (κ3) is 2.21. The molecule has 0 saturated carbocycles. The molecule has 0 saturated heterocycles. The molecule has 0 N–H and O–H groups in total. The van der Waals surface area contributed by atoms with Crippen LogP contribution in [0.3, 0.4) is 0 Å². The van der Waals surface area contributed by atoms with Gasteiger partial charge in [0, 0.05) is 5.56 Å². The number of benzene rings is 1. The largest absolute Gasteiger partial charge is 0.203 e. The van der Waals surface area contributed by atoms with Gasteiger partial charge in [0.1, 0.15) is 0 Å². The molecular formula is C15H16F2. The van der Waals surface area contributed by atoms with Gasteiger partial charge in [-0.2, -0.15) is 0 Å². The highest BCUT2D eigenvalue weighted by Crippen LogP contribution is 2.31. The Kier molecular flexibility index (Phi) is 4.00. The second kappa shape index (κ2) is 5.09. The maximum Gasteiger partial charge on any atom is 0.166 e. The number of hydrogen-bond donors (Lipinski definition) is 0. The zero-order chi connectivity index (χ0) is 13.2. The fraction of sp³-hybridized carbons (Fsp3) is 0.200. The van der Waals surface area contributed by atoms with Crippen molar-refractivity contribution in [2.45, 2.75) is 20.8 Å². The van der Waals surface area contributed by atoms with E-state index < -0.39 is 11.6 Å². The van der Waals surface area contributed by atoms with Crippen molar-refractivity contribution >= 4 is 17.7 Å². The quantitative estimate of drug-likeness (QED) is 0.691. The topological polar surface area (TPSA) is 0 Å². The second-order valence-corrected chi connectivity index (χ2v) is 3.94. The summed E-state index contributed by atoms with van der Waals surface area (Å²) in [6.07, 6.45) is 4.86. The first-order chi connectivity index (χ1) is 7.95. The zero-order valence-electron chi connectivity index (χ0n) is 10.4. The summed E-state index contributed by atoms with van der Waals surface area (Å²) in [5.74, 6) is -1.68. The van der Waals surface area contributed by atoms with Gasteiger partial charge in [-0.15, -0.1) is 0 Å². The molecule has 1 aromatic carbocycles. The van der Waals surface area contributed by atoms with Crippen molar-refractivity contribution in [2.24, 2.45) is 0 Å². The molecule has 0 spiro atoms. The van der Waals surface area contributed by atoms with Crippen LogP contribution in [0, 0.1) is 18.6 Å². The monoisotopic (exact) mass is 234 g/mol. The van der Waals surface area contributed by atoms with E-state index in [4.69, 9.17) is 0 Å². The smallest absolute Gasteiger partial charge is 0.166 e. The average molecular weight is 234 g/mol. The van der Waals surface area contributed by atoms with E-state index in [-0.39, 0.29) is 11.1 Å². The summed E-state index contributed by atoms with van der Waals surface area (Å²) in [4.78, 5) is 0. The summed E-state index contributed by atoms with van der Waals surface area (Å²) >= 11 is 0. The summed E-state index contributed by atoms with van der Waals surface area (Å²) in [6, 6.07) is 0. The Morgan fingerprint density at radius 3 is 2.18 bits per heavy atom. The molecule has 0 unspecified atom stereocenters. The van der Waals surface area contributed by atoms with Crippen LogP contribution in [0.25, 0.3) is 17.7 Å². The van der Waals surface area contributed by atoms with E-state index in [1.54, 1.807) is 26.0 Å². The Morgan fingerprint density at radius 1 is 1.18 bits per heavy atom. The molecule has 0 radical (unpaired) electrons. The van der Waals surface area contributed by atoms with Crippen molar-refractivity contribution in [3.63, 3.8) is 0 Å². The standard InChI is InChI=1S/C15H16F2/c1-6-8-12-11(7-2)15(17)14(16)10(5)13(12)9(3)4/h6-8H,2-3H2,1,4-5H3/b8-6+. The van der Waals surface area contributed by atoms with Crippen molar-refractivity contribution in [1.82, 2.24) is 0 Å². The van der Waals surface area contributed by atoms with Crippen LogP contribution >= 0.6 is 0 Å². The van der Waals surface area contributed by atoms with E-state index in [0.29, 0.717) is 16.7 Å². The normalized spacial score (nSPS) is 10.9. The van der Waals surface area contributed by atoms with Gasteiger partial charge >= 0.3 is 0 Å². The number of halogens is 2. The fourth-order valence-electron chi connectivity index (χ4n) is 1.94. The van der Waals surface area contributed by atoms with Crippen LogP contribution in [0.1, 0.15) is 36.1 Å². The van der Waals surface area contributed by atoms with Gasteiger partial charge in [0.15, 0.2) is 11.6 Å². The lowest BCUT2D eigenvalue weighted by atomic mass is 9.91. The molecule has 0 atom stereocenters. The number of allylic oxidation sites excluding steroid dienone is 2. The van der Waals surface area contributed by atoms with Gasteiger partial charge in [-0.25, -0.2) is 8.78 Å². The van der Waals surface area contributed by atoms with E-state index in [9.17, 15) is 8.78 Å². The maximum absolute atomic E-state index is 13.8. The molecule has 0 aliphatic carbocycles. The lowest BCUT2D eigenvalue weighted by Gasteiger charge is -2.15. The molecule has 0 aliphatic rings. The third-order valence-electron chi connectivity index (χ3n) is 2.66. The van der Waals surface area contributed by atoms with Crippen molar-refractivity contribution in [1.29, 1.82) is 0 Å². The molecule has 0 nitrogen and oxygen atoms in total. The highest BCUT2D eigenvalue weighted by Gasteiger charge is 2.19. The van der Waals surface area contributed by atoms with E-state index in [1.807, 2.05) is 6.92 Å². The first kappa shape index (κ1) is 13.4. The summed E-state index contributed by atoms with van der Waals surface area (Å²) < 4.78 is 27.5. The van der Waals surface area contributed by atoms with E-state index in [0.717, 1.165) is 0 Å². The minimum atomic E-state index is -0.851. The molecular weight excluding hydrogens is 218 g/mol. The Hall–Kier alpha value is -1.70. The van der Waals surface area contributed by atoms with Gasteiger partial charge in [-0.3, -0.25) is 0 Å². The first-order valence-corrected chi connectivity index (χ1v) is 5.38. The highest BCUT2D eigenvalue weighted by molar-refractivity contribution is 5.80. The molecule has 0 aromatic heterocycles. The van der Waals surface area contributed by atoms with Gasteiger partial charge in [0.05, 0.1) is 0 Å². The Balaban J connectivity index is 3.85. The summed E-state index contributed by atoms with van der Waals surface area (Å²) in [5, 5.41) is 0. The molecule has 0 aliphatic heterocycles. The number of rotatable bonds is 3. The van der Waals surface area contributed by atoms with Crippen LogP contribution in [-0.4, -0.2) is 0 Å². The van der Waals surface area contributed by atoms with Gasteiger partial charge in [0.25, 0.3) is 0 Å². The molecule has 0 fully saturated rings. The van der Waals surface area contributed by atoms with Gasteiger partial charge in [-0.05, 0) is 37.5 Å². The van der Waals surface area contributed by atoms with Crippen molar-refractivity contribution in [3.8, 4) is 0 Å². The Bertz CT molecular complexity index is 508. The van der Waals surface area contributed by atoms with Gasteiger partial charge in [0.2, 0.25) is 0 Å². The lowest BCUT2D eigenvalue weighted by molar-refractivity contribution is 0.501. The lowest BCUT2D eigenvalue weighted by Crippen LogP contribution is -2.03. The molecule has 0 heterocycles. The third-order valence-corrected chi connectivity index (χ3v) is 2.66. The minimum absolute atomic E-state index is 0.184. The summed E-state index contributed by atoms with van der Waals surface area (Å²) in [7, 11) is 0. The molecule has 0 amide bonds. The fourth-order valence-corrected chi connectivity index (χ4v) is 1.94. The van der Waals surface area contributed by atoms with Crippen LogP contribution in [0.4, 0.5) is 8.78 Å². The molecule has 17 heavy (non-hydrogen) atoms. The van der Waals surface area contributed by atoms with Gasteiger partial charge in [-0.1, -0.05) is 37.0 Å². The van der Waals surface area contributed by atoms with Crippen LogP contribution < -0.4 is 0 Å².